The zero-order chi connectivity index (χ0) is 19.0. The van der Waals surface area contributed by atoms with E-state index in [1.54, 1.807) is 19.3 Å². The van der Waals surface area contributed by atoms with E-state index in [4.69, 9.17) is 0 Å². The van der Waals surface area contributed by atoms with Gasteiger partial charge in [0.15, 0.2) is 9.84 Å². The van der Waals surface area contributed by atoms with Crippen LogP contribution in [-0.4, -0.2) is 60.3 Å². The van der Waals surface area contributed by atoms with Crippen LogP contribution in [0.2, 0.25) is 0 Å². The Bertz CT molecular complexity index is 976. The zero-order valence-electron chi connectivity index (χ0n) is 15.2. The third-order valence-electron chi connectivity index (χ3n) is 5.35. The maximum Gasteiger partial charge on any atom is 0.272 e. The maximum atomic E-state index is 12.8. The largest absolute Gasteiger partial charge is 0.336 e. The molecule has 2 aliphatic rings. The molecule has 1 aromatic carbocycles. The lowest BCUT2D eigenvalue weighted by Crippen LogP contribution is -2.38. The minimum absolute atomic E-state index is 0.0239. The molecule has 7 nitrogen and oxygen atoms in total. The van der Waals surface area contributed by atoms with Crippen LogP contribution in [0.1, 0.15) is 28.0 Å². The first kappa shape index (κ1) is 17.9. The molecule has 0 bridgehead atoms. The van der Waals surface area contributed by atoms with Gasteiger partial charge in [-0.3, -0.25) is 4.79 Å². The third kappa shape index (κ3) is 3.66. The van der Waals surface area contributed by atoms with Gasteiger partial charge in [0.2, 0.25) is 5.95 Å². The van der Waals surface area contributed by atoms with Gasteiger partial charge in [-0.1, -0.05) is 24.3 Å². The van der Waals surface area contributed by atoms with Crippen LogP contribution in [0.4, 0.5) is 5.95 Å². The van der Waals surface area contributed by atoms with Gasteiger partial charge in [-0.05, 0) is 30.0 Å². The summed E-state index contributed by atoms with van der Waals surface area (Å²) in [5.41, 5.74) is 2.88. The standard InChI is InChI=1S/C19H22N4O3S/c1-22(16-8-11-27(25,26)13-16)18(24)17-6-9-20-19(21-17)23-10-7-14-4-2-3-5-15(14)12-23/h2-6,9,16H,7-8,10-13H2,1H3. The molecule has 1 saturated heterocycles. The number of aromatic nitrogens is 2. The van der Waals surface area contributed by atoms with E-state index >= 15 is 0 Å². The lowest BCUT2D eigenvalue weighted by atomic mass is 10.0. The molecule has 0 N–H and O–H groups in total. The molecule has 3 heterocycles. The maximum absolute atomic E-state index is 12.8. The highest BCUT2D eigenvalue weighted by atomic mass is 32.2. The van der Waals surface area contributed by atoms with E-state index in [-0.39, 0.29) is 23.5 Å². The summed E-state index contributed by atoms with van der Waals surface area (Å²) in [4.78, 5) is 25.2. The monoisotopic (exact) mass is 386 g/mol. The van der Waals surface area contributed by atoms with Crippen LogP contribution in [0, 0.1) is 0 Å². The van der Waals surface area contributed by atoms with Crippen molar-refractivity contribution in [1.29, 1.82) is 0 Å². The van der Waals surface area contributed by atoms with E-state index < -0.39 is 9.84 Å². The highest BCUT2D eigenvalue weighted by Gasteiger charge is 2.33. The van der Waals surface area contributed by atoms with Gasteiger partial charge in [0.05, 0.1) is 11.5 Å². The number of sulfone groups is 1. The number of carbonyl (C=O) groups excluding carboxylic acids is 1. The van der Waals surface area contributed by atoms with Gasteiger partial charge in [0, 0.05) is 32.4 Å². The number of anilines is 1. The van der Waals surface area contributed by atoms with E-state index in [0.717, 1.165) is 13.0 Å². The fourth-order valence-corrected chi connectivity index (χ4v) is 5.49. The second-order valence-electron chi connectivity index (χ2n) is 7.16. The predicted octanol–water partition coefficient (Wildman–Crippen LogP) is 1.30. The number of nitrogens with zero attached hydrogens (tertiary/aromatic N) is 4. The summed E-state index contributed by atoms with van der Waals surface area (Å²) in [5, 5.41) is 0. The molecule has 0 aliphatic carbocycles. The summed E-state index contributed by atoms with van der Waals surface area (Å²) in [5.74, 6) is 0.425. The molecule has 0 radical (unpaired) electrons. The van der Waals surface area contributed by atoms with Gasteiger partial charge < -0.3 is 9.80 Å². The van der Waals surface area contributed by atoms with Crippen LogP contribution in [0.3, 0.4) is 0 Å². The summed E-state index contributed by atoms with van der Waals surface area (Å²) in [6, 6.07) is 9.60. The molecule has 1 atom stereocenters. The van der Waals surface area contributed by atoms with Crippen molar-refractivity contribution in [3.63, 3.8) is 0 Å². The molecular formula is C19H22N4O3S. The van der Waals surface area contributed by atoms with Crippen LogP contribution in [0.5, 0.6) is 0 Å². The van der Waals surface area contributed by atoms with Crippen molar-refractivity contribution in [3.05, 3.63) is 53.3 Å². The SMILES string of the molecule is CN(C(=O)c1ccnc(N2CCc3ccccc3C2)n1)C1CCS(=O)(=O)C1. The molecule has 1 unspecified atom stereocenters. The fourth-order valence-electron chi connectivity index (χ4n) is 3.71. The summed E-state index contributed by atoms with van der Waals surface area (Å²) in [6.07, 6.45) is 2.98. The van der Waals surface area contributed by atoms with Crippen molar-refractivity contribution >= 4 is 21.7 Å². The molecule has 0 saturated carbocycles. The molecule has 2 aliphatic heterocycles. The highest BCUT2D eigenvalue weighted by Crippen LogP contribution is 2.23. The quantitative estimate of drug-likeness (QED) is 0.791. The van der Waals surface area contributed by atoms with Gasteiger partial charge in [-0.15, -0.1) is 0 Å². The van der Waals surface area contributed by atoms with Gasteiger partial charge in [-0.2, -0.15) is 0 Å². The average molecular weight is 386 g/mol. The van der Waals surface area contributed by atoms with Crippen LogP contribution in [-0.2, 0) is 22.8 Å². The Hall–Kier alpha value is -2.48. The summed E-state index contributed by atoms with van der Waals surface area (Å²) in [6.45, 7) is 1.51. The van der Waals surface area contributed by atoms with Crippen LogP contribution < -0.4 is 4.90 Å². The Morgan fingerprint density at radius 2 is 2.00 bits per heavy atom. The van der Waals surface area contributed by atoms with Gasteiger partial charge in [-0.25, -0.2) is 18.4 Å². The number of rotatable bonds is 3. The molecule has 8 heteroatoms. The highest BCUT2D eigenvalue weighted by molar-refractivity contribution is 7.91. The molecule has 4 rings (SSSR count). The predicted molar refractivity (Wildman–Crippen MR) is 102 cm³/mol. The average Bonchev–Trinajstić information content (AvgIpc) is 3.06. The molecule has 1 fully saturated rings. The Morgan fingerprint density at radius 1 is 1.22 bits per heavy atom. The van der Waals surface area contributed by atoms with Crippen LogP contribution >= 0.6 is 0 Å². The topological polar surface area (TPSA) is 83.5 Å². The molecule has 0 spiro atoms. The number of fused-ring (bicyclic) bond motifs is 1. The van der Waals surface area contributed by atoms with Crippen LogP contribution in [0.15, 0.2) is 36.5 Å². The third-order valence-corrected chi connectivity index (χ3v) is 7.10. The van der Waals surface area contributed by atoms with E-state index in [0.29, 0.717) is 24.6 Å². The van der Waals surface area contributed by atoms with E-state index in [1.165, 1.54) is 16.0 Å². The molecule has 1 amide bonds. The number of hydrogen-bond donors (Lipinski definition) is 0. The minimum Gasteiger partial charge on any atom is -0.336 e. The minimum atomic E-state index is -3.04. The second kappa shape index (κ2) is 6.92. The summed E-state index contributed by atoms with van der Waals surface area (Å²) >= 11 is 0. The number of carbonyl (C=O) groups is 1. The number of hydrogen-bond acceptors (Lipinski definition) is 6. The summed E-state index contributed by atoms with van der Waals surface area (Å²) < 4.78 is 23.4. The molecule has 1 aromatic heterocycles. The van der Waals surface area contributed by atoms with Crippen molar-refractivity contribution in [1.82, 2.24) is 14.9 Å². The van der Waals surface area contributed by atoms with Crippen molar-refractivity contribution in [2.75, 3.05) is 30.0 Å². The number of amides is 1. The first-order valence-electron chi connectivity index (χ1n) is 9.05. The zero-order valence-corrected chi connectivity index (χ0v) is 16.0. The molecule has 27 heavy (non-hydrogen) atoms. The van der Waals surface area contributed by atoms with Crippen molar-refractivity contribution in [2.45, 2.75) is 25.4 Å². The van der Waals surface area contributed by atoms with Gasteiger partial charge in [0.25, 0.3) is 5.91 Å². The van der Waals surface area contributed by atoms with Crippen molar-refractivity contribution in [2.24, 2.45) is 0 Å². The van der Waals surface area contributed by atoms with Crippen molar-refractivity contribution < 1.29 is 13.2 Å². The van der Waals surface area contributed by atoms with E-state index in [2.05, 4.69) is 27.0 Å². The Labute approximate surface area is 159 Å². The second-order valence-corrected chi connectivity index (χ2v) is 9.38. The smallest absolute Gasteiger partial charge is 0.272 e. The first-order valence-corrected chi connectivity index (χ1v) is 10.9. The van der Waals surface area contributed by atoms with Crippen molar-refractivity contribution in [3.8, 4) is 0 Å². The Balaban J connectivity index is 1.52. The molecular weight excluding hydrogens is 364 g/mol. The Kier molecular flexibility index (Phi) is 4.59. The lowest BCUT2D eigenvalue weighted by molar-refractivity contribution is 0.0741. The normalized spacial score (nSPS) is 20.9. The first-order chi connectivity index (χ1) is 12.9. The fraction of sp³-hybridized carbons (Fsp3) is 0.421. The van der Waals surface area contributed by atoms with Gasteiger partial charge >= 0.3 is 0 Å². The van der Waals surface area contributed by atoms with Crippen LogP contribution in [0.25, 0.3) is 0 Å². The molecule has 142 valence electrons. The Morgan fingerprint density at radius 3 is 2.74 bits per heavy atom. The van der Waals surface area contributed by atoms with Gasteiger partial charge in [0.1, 0.15) is 5.69 Å². The number of benzene rings is 1. The van der Waals surface area contributed by atoms with E-state index in [1.807, 2.05) is 12.1 Å². The lowest BCUT2D eigenvalue weighted by Gasteiger charge is -2.29. The molecule has 2 aromatic rings. The van der Waals surface area contributed by atoms with E-state index in [9.17, 15) is 13.2 Å². The summed E-state index contributed by atoms with van der Waals surface area (Å²) in [7, 11) is -1.40.